The number of para-hydroxylation sites is 2. The molecule has 0 unspecified atom stereocenters. The van der Waals surface area contributed by atoms with E-state index in [1.165, 1.54) is 0 Å². The van der Waals surface area contributed by atoms with Crippen LogP contribution in [0.3, 0.4) is 0 Å². The number of nitrogens with zero attached hydrogens (tertiary/aromatic N) is 2. The van der Waals surface area contributed by atoms with Gasteiger partial charge in [0.2, 0.25) is 0 Å². The maximum Gasteiger partial charge on any atom is 0.427 e. The minimum Gasteiger partial charge on any atom is -0.359 e. The Balaban J connectivity index is 1.77. The molecule has 0 aromatic heterocycles. The predicted molar refractivity (Wildman–Crippen MR) is 169 cm³/mol. The molecule has 218 valence electrons. The SMILES string of the molecule is Cc1cccc(C)c1N1B(c2c(F)c(F)c(F)c(F)c2F)N(c2c(C)cccc2C)c2c1c1ccccc1c1ccccc21. The lowest BCUT2D eigenvalue weighted by Crippen LogP contribution is -2.56. The van der Waals surface area contributed by atoms with E-state index < -0.39 is 41.5 Å². The maximum absolute atomic E-state index is 16.1. The summed E-state index contributed by atoms with van der Waals surface area (Å²) in [5.41, 5.74) is 4.69. The van der Waals surface area contributed by atoms with Gasteiger partial charge in [-0.1, -0.05) is 84.9 Å². The van der Waals surface area contributed by atoms with E-state index in [4.69, 9.17) is 0 Å². The van der Waals surface area contributed by atoms with Gasteiger partial charge >= 0.3 is 6.98 Å². The van der Waals surface area contributed by atoms with E-state index in [2.05, 4.69) is 0 Å². The first-order chi connectivity index (χ1) is 21.1. The number of benzene rings is 6. The predicted octanol–water partition coefficient (Wildman–Crippen LogP) is 9.61. The van der Waals surface area contributed by atoms with E-state index in [1.54, 1.807) is 9.62 Å². The molecule has 1 heterocycles. The summed E-state index contributed by atoms with van der Waals surface area (Å²) in [5.74, 6) is -9.87. The minimum absolute atomic E-state index is 0.619. The highest BCUT2D eigenvalue weighted by atomic mass is 19.2. The highest BCUT2D eigenvalue weighted by Crippen LogP contribution is 2.55. The largest absolute Gasteiger partial charge is 0.427 e. The Kier molecular flexibility index (Phi) is 6.43. The number of anilines is 4. The zero-order valence-electron chi connectivity index (χ0n) is 24.4. The summed E-state index contributed by atoms with van der Waals surface area (Å²) >= 11 is 0. The van der Waals surface area contributed by atoms with Crippen molar-refractivity contribution < 1.29 is 22.0 Å². The summed E-state index contributed by atoms with van der Waals surface area (Å²) in [6, 6.07) is 26.7. The summed E-state index contributed by atoms with van der Waals surface area (Å²) in [5, 5.41) is 3.37. The van der Waals surface area contributed by atoms with Crippen molar-refractivity contribution in [3.8, 4) is 0 Å². The Labute approximate surface area is 252 Å². The number of hydrogen-bond donors (Lipinski definition) is 0. The molecule has 1 aliphatic heterocycles. The normalized spacial score (nSPS) is 13.0. The Bertz CT molecular complexity index is 1970. The summed E-state index contributed by atoms with van der Waals surface area (Å²) in [6.07, 6.45) is 0. The molecule has 0 atom stereocenters. The molecule has 0 radical (unpaired) electrons. The van der Waals surface area contributed by atoms with Crippen molar-refractivity contribution in [1.82, 2.24) is 0 Å². The summed E-state index contributed by atoms with van der Waals surface area (Å²) in [6.45, 7) is 6.04. The van der Waals surface area contributed by atoms with E-state index in [-0.39, 0.29) is 0 Å². The van der Waals surface area contributed by atoms with Gasteiger partial charge in [0.1, 0.15) is 0 Å². The van der Waals surface area contributed by atoms with Crippen LogP contribution in [0.15, 0.2) is 84.9 Å². The summed E-state index contributed by atoms with van der Waals surface area (Å²) in [7, 11) is 0. The third-order valence-electron chi connectivity index (χ3n) is 8.71. The molecule has 1 aliphatic rings. The Morgan fingerprint density at radius 3 is 1.07 bits per heavy atom. The molecule has 44 heavy (non-hydrogen) atoms. The van der Waals surface area contributed by atoms with Gasteiger partial charge in [-0.05, 0) is 60.7 Å². The first kappa shape index (κ1) is 28.0. The standard InChI is InChI=1S/C36H26BF5N2/c1-19-11-9-12-20(2)33(19)43-35-25-17-7-5-15-23(25)24-16-6-8-18-26(24)36(35)44(34-21(3)13-10-14-22(34)4)37(43)27-28(38)30(40)32(42)31(41)29(27)39/h5-18H,1-4H3. The van der Waals surface area contributed by atoms with E-state index >= 15 is 17.6 Å². The minimum atomic E-state index is -2.19. The van der Waals surface area contributed by atoms with E-state index in [9.17, 15) is 4.39 Å². The highest BCUT2D eigenvalue weighted by molar-refractivity contribution is 6.85. The smallest absolute Gasteiger partial charge is 0.359 e. The average Bonchev–Trinajstić information content (AvgIpc) is 3.34. The van der Waals surface area contributed by atoms with Crippen LogP contribution in [0.4, 0.5) is 44.7 Å². The van der Waals surface area contributed by atoms with Gasteiger partial charge < -0.3 is 9.62 Å². The first-order valence-corrected chi connectivity index (χ1v) is 14.3. The average molecular weight is 592 g/mol. The summed E-state index contributed by atoms with van der Waals surface area (Å²) in [4.78, 5) is 3.53. The molecule has 7 rings (SSSR count). The molecule has 8 heteroatoms. The van der Waals surface area contributed by atoms with Crippen LogP contribution in [-0.2, 0) is 0 Å². The van der Waals surface area contributed by atoms with Gasteiger partial charge in [0.15, 0.2) is 29.1 Å². The fraction of sp³-hybridized carbons (Fsp3) is 0.111. The van der Waals surface area contributed by atoms with Crippen LogP contribution in [-0.4, -0.2) is 6.98 Å². The molecule has 0 bridgehead atoms. The fourth-order valence-electron chi connectivity index (χ4n) is 6.90. The second kappa shape index (κ2) is 10.1. The van der Waals surface area contributed by atoms with Crippen molar-refractivity contribution in [3.05, 3.63) is 136 Å². The monoisotopic (exact) mass is 592 g/mol. The maximum atomic E-state index is 16.1. The molecule has 0 aliphatic carbocycles. The number of halogens is 5. The molecule has 0 saturated heterocycles. The van der Waals surface area contributed by atoms with Crippen LogP contribution >= 0.6 is 0 Å². The Morgan fingerprint density at radius 2 is 0.705 bits per heavy atom. The molecular weight excluding hydrogens is 566 g/mol. The Morgan fingerprint density at radius 1 is 0.386 bits per heavy atom. The van der Waals surface area contributed by atoms with Gasteiger partial charge in [0.05, 0.1) is 11.4 Å². The van der Waals surface area contributed by atoms with Crippen molar-refractivity contribution in [2.75, 3.05) is 9.62 Å². The molecular formula is C36H26BF5N2. The lowest BCUT2D eigenvalue weighted by molar-refractivity contribution is 0.384. The lowest BCUT2D eigenvalue weighted by atomic mass is 9.63. The van der Waals surface area contributed by atoms with Gasteiger partial charge in [-0.15, -0.1) is 0 Å². The second-order valence-corrected chi connectivity index (χ2v) is 11.4. The van der Waals surface area contributed by atoms with Gasteiger partial charge in [0.25, 0.3) is 0 Å². The molecule has 0 saturated carbocycles. The molecule has 6 aromatic carbocycles. The van der Waals surface area contributed by atoms with Crippen LogP contribution < -0.4 is 15.1 Å². The van der Waals surface area contributed by atoms with Gasteiger partial charge in [-0.3, -0.25) is 0 Å². The Hall–Kier alpha value is -4.85. The molecule has 6 aromatic rings. The summed E-state index contributed by atoms with van der Waals surface area (Å²) < 4.78 is 76.9. The van der Waals surface area contributed by atoms with Crippen molar-refractivity contribution in [1.29, 1.82) is 0 Å². The number of rotatable bonds is 3. The number of aryl methyl sites for hydroxylation is 4. The third kappa shape index (κ3) is 3.79. The zero-order chi connectivity index (χ0) is 31.0. The number of hydrogen-bond acceptors (Lipinski definition) is 2. The van der Waals surface area contributed by atoms with Gasteiger partial charge in [-0.2, -0.15) is 0 Å². The van der Waals surface area contributed by atoms with E-state index in [1.807, 2.05) is 113 Å². The van der Waals surface area contributed by atoms with Gasteiger partial charge in [0, 0.05) is 27.6 Å². The van der Waals surface area contributed by atoms with E-state index in [0.29, 0.717) is 22.7 Å². The highest BCUT2D eigenvalue weighted by Gasteiger charge is 2.51. The molecule has 0 fully saturated rings. The molecule has 2 nitrogen and oxygen atoms in total. The van der Waals surface area contributed by atoms with Crippen LogP contribution in [0.5, 0.6) is 0 Å². The van der Waals surface area contributed by atoms with Crippen molar-refractivity contribution in [2.45, 2.75) is 27.7 Å². The molecule has 0 amide bonds. The van der Waals surface area contributed by atoms with Crippen LogP contribution in [0, 0.1) is 56.8 Å². The fourth-order valence-corrected chi connectivity index (χ4v) is 6.90. The first-order valence-electron chi connectivity index (χ1n) is 14.3. The van der Waals surface area contributed by atoms with Crippen LogP contribution in [0.25, 0.3) is 21.5 Å². The topological polar surface area (TPSA) is 6.48 Å². The van der Waals surface area contributed by atoms with Crippen molar-refractivity contribution in [3.63, 3.8) is 0 Å². The number of fused-ring (bicyclic) bond motifs is 6. The quantitative estimate of drug-likeness (QED) is 0.0664. The van der Waals surface area contributed by atoms with Crippen LogP contribution in [0.2, 0.25) is 0 Å². The molecule has 0 spiro atoms. The van der Waals surface area contributed by atoms with Crippen LogP contribution in [0.1, 0.15) is 22.3 Å². The van der Waals surface area contributed by atoms with E-state index in [0.717, 1.165) is 43.8 Å². The molecule has 0 N–H and O–H groups in total. The van der Waals surface area contributed by atoms with Crippen molar-refractivity contribution >= 4 is 56.7 Å². The van der Waals surface area contributed by atoms with Gasteiger partial charge in [-0.25, -0.2) is 22.0 Å². The zero-order valence-corrected chi connectivity index (χ0v) is 24.4. The lowest BCUT2D eigenvalue weighted by Gasteiger charge is -2.34. The third-order valence-corrected chi connectivity index (χ3v) is 8.71. The second-order valence-electron chi connectivity index (χ2n) is 11.4. The van der Waals surface area contributed by atoms with Crippen molar-refractivity contribution in [2.24, 2.45) is 0 Å².